The molecule has 1 saturated heterocycles. The molecule has 22 heavy (non-hydrogen) atoms. The first kappa shape index (κ1) is 15.3. The number of hydrogen-bond acceptors (Lipinski definition) is 2. The van der Waals surface area contributed by atoms with E-state index in [4.69, 9.17) is 11.6 Å². The largest absolute Gasteiger partial charge is 0.342 e. The van der Waals surface area contributed by atoms with Gasteiger partial charge in [0.05, 0.1) is 5.41 Å². The van der Waals surface area contributed by atoms with Crippen molar-refractivity contribution in [1.82, 2.24) is 9.80 Å². The van der Waals surface area contributed by atoms with Gasteiger partial charge in [-0.25, -0.2) is 0 Å². The Bertz CT molecular complexity index is 456. The highest BCUT2D eigenvalue weighted by Crippen LogP contribution is 2.64. The fourth-order valence-corrected chi connectivity index (χ4v) is 7.01. The van der Waals surface area contributed by atoms with Gasteiger partial charge in [0.25, 0.3) is 0 Å². The van der Waals surface area contributed by atoms with Gasteiger partial charge in [0.1, 0.15) is 0 Å². The summed E-state index contributed by atoms with van der Waals surface area (Å²) in [4.78, 5) is 17.8. The third-order valence-corrected chi connectivity index (χ3v) is 7.37. The van der Waals surface area contributed by atoms with E-state index < -0.39 is 0 Å². The minimum Gasteiger partial charge on any atom is -0.342 e. The molecular formula is C18H29ClN2O. The monoisotopic (exact) mass is 324 g/mol. The smallest absolute Gasteiger partial charge is 0.228 e. The number of rotatable bonds is 2. The van der Waals surface area contributed by atoms with E-state index in [9.17, 15) is 4.79 Å². The van der Waals surface area contributed by atoms with Crippen LogP contribution in [0.3, 0.4) is 0 Å². The Balaban J connectivity index is 1.49. The van der Waals surface area contributed by atoms with Crippen molar-refractivity contribution in [2.24, 2.45) is 17.3 Å². The number of alkyl halides is 1. The molecule has 124 valence electrons. The molecule has 1 heterocycles. The maximum absolute atomic E-state index is 13.3. The molecule has 2 atom stereocenters. The normalized spacial score (nSPS) is 44.8. The van der Waals surface area contributed by atoms with Crippen molar-refractivity contribution >= 4 is 17.5 Å². The summed E-state index contributed by atoms with van der Waals surface area (Å²) in [6.07, 6.45) is 9.05. The molecule has 4 bridgehead atoms. The van der Waals surface area contributed by atoms with Crippen LogP contribution in [0.2, 0.25) is 0 Å². The number of piperidine rings is 1. The van der Waals surface area contributed by atoms with Gasteiger partial charge in [0.15, 0.2) is 0 Å². The fraction of sp³-hybridized carbons (Fsp3) is 0.944. The molecule has 4 heteroatoms. The lowest BCUT2D eigenvalue weighted by molar-refractivity contribution is -0.157. The summed E-state index contributed by atoms with van der Waals surface area (Å²) in [7, 11) is 4.30. The Morgan fingerprint density at radius 1 is 1.09 bits per heavy atom. The van der Waals surface area contributed by atoms with Crippen LogP contribution in [0.5, 0.6) is 0 Å². The standard InChI is InChI=1S/C18H29ClN2O/c1-20(2)15-3-5-21(6-4-15)16(22)17-8-13-7-14(9-17)11-18(19,10-13)12-17/h13-15H,3-12H2,1-2H3. The number of halogens is 1. The van der Waals surface area contributed by atoms with E-state index in [1.54, 1.807) is 0 Å². The molecule has 3 nitrogen and oxygen atoms in total. The van der Waals surface area contributed by atoms with Gasteiger partial charge >= 0.3 is 0 Å². The summed E-state index contributed by atoms with van der Waals surface area (Å²) in [6.45, 7) is 1.88. The minimum absolute atomic E-state index is 0.0539. The van der Waals surface area contributed by atoms with Crippen LogP contribution in [-0.2, 0) is 4.79 Å². The summed E-state index contributed by atoms with van der Waals surface area (Å²) in [6, 6.07) is 0.639. The highest BCUT2D eigenvalue weighted by molar-refractivity contribution is 6.24. The Labute approximate surface area is 139 Å². The fourth-order valence-electron chi connectivity index (χ4n) is 6.32. The topological polar surface area (TPSA) is 23.6 Å². The second kappa shape index (κ2) is 5.11. The lowest BCUT2D eigenvalue weighted by atomic mass is 9.49. The molecule has 0 radical (unpaired) electrons. The van der Waals surface area contributed by atoms with Crippen molar-refractivity contribution < 1.29 is 4.79 Å². The maximum Gasteiger partial charge on any atom is 0.228 e. The van der Waals surface area contributed by atoms with Crippen LogP contribution >= 0.6 is 11.6 Å². The first-order valence-corrected chi connectivity index (χ1v) is 9.42. The number of nitrogens with zero attached hydrogens (tertiary/aromatic N) is 2. The summed E-state index contributed by atoms with van der Waals surface area (Å²) in [5, 5.41) is 0. The molecule has 1 amide bonds. The van der Waals surface area contributed by atoms with E-state index in [0.717, 1.165) is 58.0 Å². The van der Waals surface area contributed by atoms with Gasteiger partial charge < -0.3 is 9.80 Å². The Morgan fingerprint density at radius 3 is 2.18 bits per heavy atom. The minimum atomic E-state index is -0.100. The van der Waals surface area contributed by atoms with Gasteiger partial charge in [-0.2, -0.15) is 0 Å². The molecule has 2 unspecified atom stereocenters. The highest BCUT2D eigenvalue weighted by atomic mass is 35.5. The van der Waals surface area contributed by atoms with Crippen molar-refractivity contribution in [2.75, 3.05) is 27.2 Å². The molecule has 5 fully saturated rings. The summed E-state index contributed by atoms with van der Waals surface area (Å²) < 4.78 is 0. The Morgan fingerprint density at radius 2 is 1.68 bits per heavy atom. The van der Waals surface area contributed by atoms with Crippen LogP contribution in [0.25, 0.3) is 0 Å². The summed E-state index contributed by atoms with van der Waals surface area (Å²) in [5.74, 6) is 1.87. The van der Waals surface area contributed by atoms with Crippen molar-refractivity contribution in [1.29, 1.82) is 0 Å². The molecule has 0 aromatic carbocycles. The van der Waals surface area contributed by atoms with Crippen LogP contribution in [0.1, 0.15) is 51.4 Å². The molecule has 1 aliphatic heterocycles. The molecule has 0 aromatic heterocycles. The van der Waals surface area contributed by atoms with Gasteiger partial charge in [-0.3, -0.25) is 4.79 Å². The van der Waals surface area contributed by atoms with Crippen molar-refractivity contribution in [3.63, 3.8) is 0 Å². The zero-order chi connectivity index (χ0) is 15.5. The SMILES string of the molecule is CN(C)C1CCN(C(=O)C23CC4CC(CC(Cl)(C4)C2)C3)CC1. The van der Waals surface area contributed by atoms with Crippen LogP contribution in [0.4, 0.5) is 0 Å². The number of carbonyl (C=O) groups excluding carboxylic acids is 1. The van der Waals surface area contributed by atoms with Gasteiger partial charge in [0.2, 0.25) is 5.91 Å². The average molecular weight is 325 g/mol. The van der Waals surface area contributed by atoms with Crippen LogP contribution in [0.15, 0.2) is 0 Å². The Kier molecular flexibility index (Phi) is 3.54. The van der Waals surface area contributed by atoms with Gasteiger partial charge in [-0.1, -0.05) is 0 Å². The summed E-state index contributed by atoms with van der Waals surface area (Å²) >= 11 is 6.89. The molecule has 0 N–H and O–H groups in total. The molecule has 4 aliphatic carbocycles. The number of amides is 1. The van der Waals surface area contributed by atoms with E-state index in [-0.39, 0.29) is 10.3 Å². The van der Waals surface area contributed by atoms with E-state index >= 15 is 0 Å². The molecular weight excluding hydrogens is 296 g/mol. The molecule has 5 rings (SSSR count). The second-order valence-electron chi connectivity index (χ2n) is 8.88. The van der Waals surface area contributed by atoms with Gasteiger partial charge in [-0.05, 0) is 77.3 Å². The lowest BCUT2D eigenvalue weighted by Crippen LogP contribution is -2.60. The molecule has 0 aromatic rings. The number of likely N-dealkylation sites (tertiary alicyclic amines) is 1. The molecule has 5 aliphatic rings. The highest BCUT2D eigenvalue weighted by Gasteiger charge is 2.60. The van der Waals surface area contributed by atoms with Crippen molar-refractivity contribution in [3.8, 4) is 0 Å². The lowest BCUT2D eigenvalue weighted by Gasteiger charge is -2.60. The maximum atomic E-state index is 13.3. The van der Waals surface area contributed by atoms with Crippen LogP contribution < -0.4 is 0 Å². The van der Waals surface area contributed by atoms with E-state index in [0.29, 0.717) is 23.8 Å². The predicted octanol–water partition coefficient (Wildman–Crippen LogP) is 3.12. The second-order valence-corrected chi connectivity index (χ2v) is 9.68. The third-order valence-electron chi connectivity index (χ3n) is 6.93. The van der Waals surface area contributed by atoms with Crippen LogP contribution in [0, 0.1) is 17.3 Å². The van der Waals surface area contributed by atoms with E-state index in [1.807, 2.05) is 0 Å². The summed E-state index contributed by atoms with van der Waals surface area (Å²) in [5.41, 5.74) is -0.100. The van der Waals surface area contributed by atoms with E-state index in [1.165, 1.54) is 6.42 Å². The zero-order valence-electron chi connectivity index (χ0n) is 14.0. The third kappa shape index (κ3) is 2.39. The zero-order valence-corrected chi connectivity index (χ0v) is 14.7. The van der Waals surface area contributed by atoms with Gasteiger partial charge in [0, 0.05) is 24.0 Å². The number of carbonyl (C=O) groups is 1. The average Bonchev–Trinajstić information content (AvgIpc) is 2.44. The number of hydrogen-bond donors (Lipinski definition) is 0. The van der Waals surface area contributed by atoms with Gasteiger partial charge in [-0.15, -0.1) is 11.6 Å². The quantitative estimate of drug-likeness (QED) is 0.729. The van der Waals surface area contributed by atoms with E-state index in [2.05, 4.69) is 23.9 Å². The first-order valence-electron chi connectivity index (χ1n) is 9.04. The van der Waals surface area contributed by atoms with Crippen LogP contribution in [-0.4, -0.2) is 53.8 Å². The van der Waals surface area contributed by atoms with Crippen molar-refractivity contribution in [3.05, 3.63) is 0 Å². The molecule has 0 spiro atoms. The Hall–Kier alpha value is -0.280. The first-order chi connectivity index (χ1) is 10.4. The molecule has 4 saturated carbocycles. The predicted molar refractivity (Wildman–Crippen MR) is 89.0 cm³/mol. The van der Waals surface area contributed by atoms with Crippen molar-refractivity contribution in [2.45, 2.75) is 62.3 Å².